The number of hydrogen-bond donors (Lipinski definition) is 2. The first-order valence-electron chi connectivity index (χ1n) is 16.2. The van der Waals surface area contributed by atoms with E-state index >= 15 is 0 Å². The highest BCUT2D eigenvalue weighted by molar-refractivity contribution is 7.87. The first-order chi connectivity index (χ1) is 21.0. The van der Waals surface area contributed by atoms with Crippen LogP contribution in [0.3, 0.4) is 0 Å². The van der Waals surface area contributed by atoms with Crippen molar-refractivity contribution in [3.63, 3.8) is 0 Å². The summed E-state index contributed by atoms with van der Waals surface area (Å²) in [6.07, 6.45) is 10.0. The maximum Gasteiger partial charge on any atom is 0.303 e. The van der Waals surface area contributed by atoms with Crippen LogP contribution in [0.1, 0.15) is 87.2 Å². The smallest absolute Gasteiger partial charge is 0.303 e. The third-order valence-electron chi connectivity index (χ3n) is 10.5. The molecule has 44 heavy (non-hydrogen) atoms. The molecule has 5 rings (SSSR count). The zero-order valence-electron chi connectivity index (χ0n) is 26.2. The Morgan fingerprint density at radius 3 is 2.39 bits per heavy atom. The first kappa shape index (κ1) is 32.6. The van der Waals surface area contributed by atoms with Crippen LogP contribution in [0.15, 0.2) is 24.3 Å². The van der Waals surface area contributed by atoms with E-state index in [0.717, 1.165) is 54.8 Å². The normalized spacial score (nSPS) is 25.8. The van der Waals surface area contributed by atoms with Crippen LogP contribution in [-0.2, 0) is 26.2 Å². The number of carbonyl (C=O) groups excluding carboxylic acids is 3. The molecule has 2 N–H and O–H groups in total. The second-order valence-electron chi connectivity index (χ2n) is 13.5. The first-order valence-corrected chi connectivity index (χ1v) is 17.7. The number of nitrogens with one attached hydrogen (secondary N) is 2. The summed E-state index contributed by atoms with van der Waals surface area (Å²) in [6.45, 7) is 2.24. The lowest BCUT2D eigenvalue weighted by molar-refractivity contribution is -0.143. The van der Waals surface area contributed by atoms with Crippen molar-refractivity contribution in [2.75, 3.05) is 27.3 Å². The standard InChI is InChI=1S/C33H47FN4O5S/c1-21(20-34)23-10-12-25(13-11-23)33(41)38-16-15-27(24-7-5-4-6-8-24)31(38)30(39)18-22-9-14-28-26(17-22)19-29(35-28)32(40)36-44(42,43)37(2)3/h9,14,17,19,21,23-25,27,31,35H,4-8,10-13,15-16,18,20H2,1-3H3,(H,36,40)/t21-,23?,25?,27+,31+/m1/s1. The van der Waals surface area contributed by atoms with Crippen molar-refractivity contribution in [1.29, 1.82) is 0 Å². The minimum Gasteiger partial charge on any atom is -0.350 e. The molecule has 2 heterocycles. The predicted octanol–water partition coefficient (Wildman–Crippen LogP) is 5.03. The average molecular weight is 631 g/mol. The quantitative estimate of drug-likeness (QED) is 0.382. The van der Waals surface area contributed by atoms with E-state index in [0.29, 0.717) is 29.3 Å². The van der Waals surface area contributed by atoms with E-state index in [2.05, 4.69) is 4.98 Å². The lowest BCUT2D eigenvalue weighted by Gasteiger charge is -2.37. The van der Waals surface area contributed by atoms with Gasteiger partial charge in [0.15, 0.2) is 5.78 Å². The summed E-state index contributed by atoms with van der Waals surface area (Å²) in [5.41, 5.74) is 1.55. The van der Waals surface area contributed by atoms with Gasteiger partial charge in [-0.25, -0.2) is 4.72 Å². The Labute approximate surface area is 260 Å². The van der Waals surface area contributed by atoms with Crippen molar-refractivity contribution in [3.05, 3.63) is 35.5 Å². The summed E-state index contributed by atoms with van der Waals surface area (Å²) in [5, 5.41) is 0.699. The maximum atomic E-state index is 14.1. The number of rotatable bonds is 10. The van der Waals surface area contributed by atoms with Crippen LogP contribution >= 0.6 is 0 Å². The lowest BCUT2D eigenvalue weighted by Crippen LogP contribution is -2.48. The number of H-pyrrole nitrogens is 1. The molecule has 0 unspecified atom stereocenters. The molecule has 3 aliphatic rings. The molecule has 1 saturated heterocycles. The SMILES string of the molecule is C[C@H](CF)C1CCC(C(=O)N2CC[C@@H](C3CCCCC3)[C@H]2C(=O)Cc2ccc3[nH]c(C(=O)NS(=O)(=O)N(C)C)cc3c2)CC1. The number of aromatic amines is 1. The van der Waals surface area contributed by atoms with Crippen LogP contribution in [0.5, 0.6) is 0 Å². The van der Waals surface area contributed by atoms with Crippen molar-refractivity contribution in [1.82, 2.24) is 18.9 Å². The van der Waals surface area contributed by atoms with Crippen LogP contribution in [0.4, 0.5) is 4.39 Å². The number of ketones is 1. The number of fused-ring (bicyclic) bond motifs is 1. The van der Waals surface area contributed by atoms with E-state index in [4.69, 9.17) is 0 Å². The maximum absolute atomic E-state index is 14.1. The molecule has 2 aliphatic carbocycles. The van der Waals surface area contributed by atoms with Gasteiger partial charge in [-0.2, -0.15) is 12.7 Å². The zero-order chi connectivity index (χ0) is 31.6. The Morgan fingerprint density at radius 2 is 1.73 bits per heavy atom. The van der Waals surface area contributed by atoms with Gasteiger partial charge in [0.25, 0.3) is 5.91 Å². The van der Waals surface area contributed by atoms with Gasteiger partial charge in [-0.15, -0.1) is 0 Å². The minimum absolute atomic E-state index is 0.0248. The van der Waals surface area contributed by atoms with E-state index in [9.17, 15) is 27.2 Å². The van der Waals surface area contributed by atoms with Crippen LogP contribution in [0.2, 0.25) is 0 Å². The molecule has 3 fully saturated rings. The highest BCUT2D eigenvalue weighted by Crippen LogP contribution is 2.42. The highest BCUT2D eigenvalue weighted by atomic mass is 32.2. The monoisotopic (exact) mass is 630 g/mol. The van der Waals surface area contributed by atoms with Crippen molar-refractivity contribution >= 4 is 38.7 Å². The average Bonchev–Trinajstić information content (AvgIpc) is 3.65. The molecule has 3 atom stereocenters. The summed E-state index contributed by atoms with van der Waals surface area (Å²) in [5.74, 6) is 0.238. The number of benzene rings is 1. The summed E-state index contributed by atoms with van der Waals surface area (Å²) < 4.78 is 40.4. The van der Waals surface area contributed by atoms with Gasteiger partial charge in [-0.3, -0.25) is 18.8 Å². The molecular weight excluding hydrogens is 583 g/mol. The Balaban J connectivity index is 1.32. The number of likely N-dealkylation sites (tertiary alicyclic amines) is 1. The Hall–Kier alpha value is -2.79. The van der Waals surface area contributed by atoms with Gasteiger partial charge in [0.1, 0.15) is 5.69 Å². The van der Waals surface area contributed by atoms with Crippen LogP contribution < -0.4 is 4.72 Å². The van der Waals surface area contributed by atoms with E-state index in [1.54, 1.807) is 12.1 Å². The second-order valence-corrected chi connectivity index (χ2v) is 15.4. The highest BCUT2D eigenvalue weighted by Gasteiger charge is 2.46. The van der Waals surface area contributed by atoms with Gasteiger partial charge >= 0.3 is 10.2 Å². The Kier molecular flexibility index (Phi) is 10.1. The zero-order valence-corrected chi connectivity index (χ0v) is 27.0. The third-order valence-corrected chi connectivity index (χ3v) is 11.9. The Bertz CT molecular complexity index is 1460. The van der Waals surface area contributed by atoms with Gasteiger partial charge in [-0.1, -0.05) is 45.1 Å². The lowest BCUT2D eigenvalue weighted by atomic mass is 9.74. The topological polar surface area (TPSA) is 120 Å². The molecule has 9 nitrogen and oxygen atoms in total. The van der Waals surface area contributed by atoms with E-state index < -0.39 is 22.2 Å². The molecule has 2 amide bonds. The molecule has 242 valence electrons. The number of amides is 2. The van der Waals surface area contributed by atoms with Crippen LogP contribution in [-0.4, -0.2) is 73.6 Å². The number of Topliss-reactive ketones (excluding diaryl/α,β-unsaturated/α-hetero) is 1. The molecule has 0 radical (unpaired) electrons. The number of halogens is 1. The fraction of sp³-hybridized carbons (Fsp3) is 0.667. The van der Waals surface area contributed by atoms with Gasteiger partial charge in [0, 0.05) is 43.9 Å². The van der Waals surface area contributed by atoms with Crippen molar-refractivity contribution in [2.24, 2.45) is 29.6 Å². The van der Waals surface area contributed by atoms with E-state index in [1.165, 1.54) is 33.4 Å². The molecule has 1 aromatic carbocycles. The summed E-state index contributed by atoms with van der Waals surface area (Å²) in [4.78, 5) is 45.5. The number of alkyl halides is 1. The summed E-state index contributed by atoms with van der Waals surface area (Å²) in [6, 6.07) is 6.64. The second kappa shape index (κ2) is 13.7. The van der Waals surface area contributed by atoms with Gasteiger partial charge < -0.3 is 9.88 Å². The molecule has 0 bridgehead atoms. The molecular formula is C33H47FN4O5S. The summed E-state index contributed by atoms with van der Waals surface area (Å²) >= 11 is 0. The molecule has 0 spiro atoms. The van der Waals surface area contributed by atoms with Crippen LogP contribution in [0, 0.1) is 29.6 Å². The van der Waals surface area contributed by atoms with Crippen molar-refractivity contribution < 1.29 is 27.2 Å². The number of aromatic nitrogens is 1. The minimum atomic E-state index is -3.94. The van der Waals surface area contributed by atoms with Gasteiger partial charge in [0.2, 0.25) is 5.91 Å². The largest absolute Gasteiger partial charge is 0.350 e. The van der Waals surface area contributed by atoms with Crippen molar-refractivity contribution in [2.45, 2.75) is 83.6 Å². The molecule has 1 aromatic heterocycles. The number of nitrogens with zero attached hydrogens (tertiary/aromatic N) is 2. The Morgan fingerprint density at radius 1 is 1.02 bits per heavy atom. The molecule has 11 heteroatoms. The number of hydrogen-bond acceptors (Lipinski definition) is 5. The third kappa shape index (κ3) is 7.03. The van der Waals surface area contributed by atoms with E-state index in [1.807, 2.05) is 28.7 Å². The number of carbonyl (C=O) groups is 3. The molecule has 2 saturated carbocycles. The molecule has 1 aliphatic heterocycles. The van der Waals surface area contributed by atoms with E-state index in [-0.39, 0.29) is 48.2 Å². The summed E-state index contributed by atoms with van der Waals surface area (Å²) in [7, 11) is -1.27. The predicted molar refractivity (Wildman–Crippen MR) is 168 cm³/mol. The van der Waals surface area contributed by atoms with Gasteiger partial charge in [0.05, 0.1) is 12.7 Å². The van der Waals surface area contributed by atoms with Gasteiger partial charge in [-0.05, 0) is 79.5 Å². The van der Waals surface area contributed by atoms with Crippen molar-refractivity contribution in [3.8, 4) is 0 Å². The molecule has 2 aromatic rings. The van der Waals surface area contributed by atoms with Crippen LogP contribution in [0.25, 0.3) is 10.9 Å². The fourth-order valence-corrected chi connectivity index (χ4v) is 8.34. The fourth-order valence-electron chi connectivity index (χ4n) is 7.81.